The van der Waals surface area contributed by atoms with E-state index in [1.54, 1.807) is 18.4 Å². The van der Waals surface area contributed by atoms with Gasteiger partial charge in [-0.3, -0.25) is 0 Å². The van der Waals surface area contributed by atoms with Gasteiger partial charge in [-0.2, -0.15) is 0 Å². The number of hydrogen-bond donors (Lipinski definition) is 2. The zero-order valence-corrected chi connectivity index (χ0v) is 34.4. The molecule has 0 bridgehead atoms. The van der Waals surface area contributed by atoms with Crippen molar-refractivity contribution in [1.82, 2.24) is 0 Å². The lowest BCUT2D eigenvalue weighted by Crippen LogP contribution is -2.67. The van der Waals surface area contributed by atoms with Crippen LogP contribution in [0.2, 0.25) is 0 Å². The summed E-state index contributed by atoms with van der Waals surface area (Å²) in [5.41, 5.74) is 3.49. The predicted molar refractivity (Wildman–Crippen MR) is 234 cm³/mol. The second-order valence-corrected chi connectivity index (χ2v) is 16.2. The summed E-state index contributed by atoms with van der Waals surface area (Å²) in [5, 5.41) is 25.1. The maximum atomic E-state index is 12.7. The number of rotatable bonds is 18. The van der Waals surface area contributed by atoms with Crippen LogP contribution in [0.1, 0.15) is 44.4 Å². The molecular weight excluding hydrogens is 773 g/mol. The van der Waals surface area contributed by atoms with E-state index < -0.39 is 36.6 Å². The van der Waals surface area contributed by atoms with E-state index >= 15 is 0 Å². The van der Waals surface area contributed by atoms with Crippen molar-refractivity contribution in [3.63, 3.8) is 0 Å². The fourth-order valence-electron chi connectivity index (χ4n) is 7.77. The zero-order chi connectivity index (χ0) is 41.2. The molecule has 1 aliphatic rings. The van der Waals surface area contributed by atoms with Crippen molar-refractivity contribution < 1.29 is 38.6 Å². The third kappa shape index (κ3) is 9.81. The van der Waals surface area contributed by atoms with Crippen molar-refractivity contribution in [3.8, 4) is 11.5 Å². The molecular formula is C51H50O8S. The van der Waals surface area contributed by atoms with Crippen LogP contribution in [0.4, 0.5) is 0 Å². The molecule has 1 fully saturated rings. The first kappa shape index (κ1) is 41.4. The van der Waals surface area contributed by atoms with Crippen molar-refractivity contribution in [1.29, 1.82) is 0 Å². The van der Waals surface area contributed by atoms with Gasteiger partial charge in [-0.1, -0.05) is 140 Å². The maximum Gasteiger partial charge on any atom is 0.145 e. The Hall–Kier alpha value is -5.36. The third-order valence-electron chi connectivity index (χ3n) is 10.9. The van der Waals surface area contributed by atoms with E-state index in [0.717, 1.165) is 27.8 Å². The zero-order valence-electron chi connectivity index (χ0n) is 33.6. The van der Waals surface area contributed by atoms with Gasteiger partial charge in [0, 0.05) is 27.6 Å². The van der Waals surface area contributed by atoms with Gasteiger partial charge in [0.25, 0.3) is 0 Å². The Labute approximate surface area is 355 Å². The van der Waals surface area contributed by atoms with Crippen LogP contribution < -0.4 is 9.47 Å². The van der Waals surface area contributed by atoms with Gasteiger partial charge in [0.1, 0.15) is 48.1 Å². The molecule has 2 N–H and O–H groups in total. The summed E-state index contributed by atoms with van der Waals surface area (Å²) < 4.78 is 41.0. The number of hydrogen-bond acceptors (Lipinski definition) is 9. The molecule has 1 aliphatic heterocycles. The third-order valence-corrected chi connectivity index (χ3v) is 12.1. The summed E-state index contributed by atoms with van der Waals surface area (Å²) in [7, 11) is 1.67. The molecule has 2 heterocycles. The quantitative estimate of drug-likeness (QED) is 0.0884. The van der Waals surface area contributed by atoms with Crippen molar-refractivity contribution >= 4 is 21.4 Å². The van der Waals surface area contributed by atoms with Crippen LogP contribution >= 0.6 is 11.3 Å². The largest absolute Gasteiger partial charge is 0.496 e. The summed E-state index contributed by atoms with van der Waals surface area (Å²) in [6.07, 6.45) is -3.31. The highest BCUT2D eigenvalue weighted by atomic mass is 32.1. The number of aliphatic hydroxyl groups excluding tert-OH is 1. The van der Waals surface area contributed by atoms with Gasteiger partial charge in [-0.15, -0.1) is 11.3 Å². The molecule has 0 spiro atoms. The molecule has 9 heteroatoms. The van der Waals surface area contributed by atoms with E-state index in [4.69, 9.17) is 28.4 Å². The summed E-state index contributed by atoms with van der Waals surface area (Å²) in [5.74, 6) is 1.21. The van der Waals surface area contributed by atoms with Gasteiger partial charge >= 0.3 is 0 Å². The molecule has 0 radical (unpaired) electrons. The molecule has 0 saturated carbocycles. The number of methoxy groups -OCH3 is 1. The summed E-state index contributed by atoms with van der Waals surface area (Å²) in [4.78, 5) is 1.17. The average Bonchev–Trinajstić information content (AvgIpc) is 3.72. The fraction of sp³-hybridized carbons (Fsp3) is 0.255. The van der Waals surface area contributed by atoms with Crippen molar-refractivity contribution in [2.45, 2.75) is 62.9 Å². The first-order valence-electron chi connectivity index (χ1n) is 20.3. The van der Waals surface area contributed by atoms with E-state index in [-0.39, 0.29) is 33.0 Å². The number of ether oxygens (including phenoxy) is 6. The van der Waals surface area contributed by atoms with Crippen LogP contribution in [0.25, 0.3) is 10.1 Å². The minimum Gasteiger partial charge on any atom is -0.496 e. The molecule has 5 atom stereocenters. The smallest absolute Gasteiger partial charge is 0.145 e. The van der Waals surface area contributed by atoms with E-state index in [2.05, 4.69) is 36.4 Å². The molecule has 60 heavy (non-hydrogen) atoms. The number of thiophene rings is 1. The first-order chi connectivity index (χ1) is 29.5. The SMILES string of the molecule is COc1cc(OCc2ccccc2)c([C@H]2O[C@H](COCc3ccccc3)C(O)(CO)[C@H](OCc3ccccc3)[C@H]2OCc2ccccc2)cc1Cc1cc2ccccc2s1. The van der Waals surface area contributed by atoms with Crippen LogP contribution in [0, 0.1) is 0 Å². The molecule has 308 valence electrons. The Morgan fingerprint density at radius 2 is 1.20 bits per heavy atom. The van der Waals surface area contributed by atoms with Gasteiger partial charge in [-0.05, 0) is 51.4 Å². The number of fused-ring (bicyclic) bond motifs is 1. The second kappa shape index (κ2) is 19.8. The average molecular weight is 823 g/mol. The fourth-order valence-corrected chi connectivity index (χ4v) is 8.86. The Bertz CT molecular complexity index is 2360. The topological polar surface area (TPSA) is 95.8 Å². The van der Waals surface area contributed by atoms with Crippen molar-refractivity contribution in [2.75, 3.05) is 20.3 Å². The molecule has 1 saturated heterocycles. The summed E-state index contributed by atoms with van der Waals surface area (Å²) in [6, 6.07) is 54.0. The molecule has 1 unspecified atom stereocenters. The summed E-state index contributed by atoms with van der Waals surface area (Å²) >= 11 is 1.75. The predicted octanol–water partition coefficient (Wildman–Crippen LogP) is 9.63. The van der Waals surface area contributed by atoms with Crippen LogP contribution in [0.3, 0.4) is 0 Å². The Morgan fingerprint density at radius 3 is 1.80 bits per heavy atom. The lowest BCUT2D eigenvalue weighted by atomic mass is 9.80. The van der Waals surface area contributed by atoms with Crippen LogP contribution in [0.15, 0.2) is 164 Å². The van der Waals surface area contributed by atoms with Crippen LogP contribution in [-0.4, -0.2) is 54.4 Å². The van der Waals surface area contributed by atoms with Crippen LogP contribution in [0.5, 0.6) is 11.5 Å². The molecule has 7 aromatic rings. The van der Waals surface area contributed by atoms with Gasteiger partial charge < -0.3 is 38.6 Å². The van der Waals surface area contributed by atoms with Crippen molar-refractivity contribution in [3.05, 3.63) is 202 Å². The van der Waals surface area contributed by atoms with Crippen LogP contribution in [-0.2, 0) is 51.8 Å². The first-order valence-corrected chi connectivity index (χ1v) is 21.1. The second-order valence-electron chi connectivity index (χ2n) is 15.1. The molecule has 8 nitrogen and oxygen atoms in total. The standard InChI is InChI=1S/C51H50O8S/c1-54-44-29-45(56-31-37-18-8-3-9-19-37)43(28-41(44)27-42-26-40-24-14-15-25-46(40)60-42)48-49(57-32-38-20-10-4-11-21-38)50(58-33-39-22-12-5-13-23-39)51(53,35-52)47(59-48)34-55-30-36-16-6-2-7-17-36/h2-26,28-29,47-50,52-53H,27,30-35H2,1H3/t47-,48-,49+,50-,51?/m1/s1. The molecule has 1 aromatic heterocycles. The lowest BCUT2D eigenvalue weighted by molar-refractivity contribution is -0.310. The molecule has 6 aromatic carbocycles. The summed E-state index contributed by atoms with van der Waals surface area (Å²) in [6.45, 7) is 0.209. The highest BCUT2D eigenvalue weighted by molar-refractivity contribution is 7.19. The van der Waals surface area contributed by atoms with Crippen molar-refractivity contribution in [2.24, 2.45) is 0 Å². The number of aliphatic hydroxyl groups is 2. The van der Waals surface area contributed by atoms with E-state index in [0.29, 0.717) is 23.5 Å². The van der Waals surface area contributed by atoms with Gasteiger partial charge in [0.05, 0.1) is 40.1 Å². The molecule has 8 rings (SSSR count). The Balaban J connectivity index is 1.24. The minimum atomic E-state index is -1.93. The maximum absolute atomic E-state index is 12.7. The molecule has 0 amide bonds. The molecule has 0 aliphatic carbocycles. The van der Waals surface area contributed by atoms with E-state index in [1.165, 1.54) is 15.0 Å². The normalized spacial score (nSPS) is 20.2. The highest BCUT2D eigenvalue weighted by Crippen LogP contribution is 2.46. The van der Waals surface area contributed by atoms with Gasteiger partial charge in [0.2, 0.25) is 0 Å². The van der Waals surface area contributed by atoms with Gasteiger partial charge in [0.15, 0.2) is 0 Å². The van der Waals surface area contributed by atoms with E-state index in [1.807, 2.05) is 127 Å². The highest BCUT2D eigenvalue weighted by Gasteiger charge is 2.57. The minimum absolute atomic E-state index is 0.0376. The Kier molecular flexibility index (Phi) is 13.7. The van der Waals surface area contributed by atoms with Gasteiger partial charge in [-0.25, -0.2) is 0 Å². The Morgan fingerprint density at radius 1 is 0.633 bits per heavy atom. The number of benzene rings is 6. The monoisotopic (exact) mass is 822 g/mol. The lowest BCUT2D eigenvalue weighted by Gasteiger charge is -2.51. The van der Waals surface area contributed by atoms with E-state index in [9.17, 15) is 10.2 Å².